The number of hydrogen-bond donors (Lipinski definition) is 1. The third-order valence-corrected chi connectivity index (χ3v) is 5.29. The van der Waals surface area contributed by atoms with Crippen LogP contribution in [0.2, 0.25) is 0 Å². The van der Waals surface area contributed by atoms with E-state index in [-0.39, 0.29) is 19.7 Å². The molecule has 1 N–H and O–H groups in total. The minimum absolute atomic E-state index is 0.0674. The van der Waals surface area contributed by atoms with Crippen molar-refractivity contribution in [2.75, 3.05) is 6.54 Å². The molecule has 1 heterocycles. The summed E-state index contributed by atoms with van der Waals surface area (Å²) < 4.78 is 49.9. The molecule has 0 aliphatic carbocycles. The molecule has 2 amide bonds. The predicted octanol–water partition coefficient (Wildman–Crippen LogP) is 4.08. The van der Waals surface area contributed by atoms with Crippen LogP contribution in [-0.4, -0.2) is 41.5 Å². The molecule has 2 unspecified atom stereocenters. The maximum absolute atomic E-state index is 13.2. The van der Waals surface area contributed by atoms with Crippen molar-refractivity contribution >= 4 is 12.0 Å². The molecule has 1 aliphatic heterocycles. The van der Waals surface area contributed by atoms with Crippen LogP contribution in [0, 0.1) is 11.3 Å². The van der Waals surface area contributed by atoms with E-state index in [0.717, 1.165) is 11.1 Å². The number of hydrogen-bond acceptors (Lipinski definition) is 5. The summed E-state index contributed by atoms with van der Waals surface area (Å²) in [6.45, 7) is 1.54. The number of carbonyl (C=O) groups is 2. The number of nitrogens with one attached hydrogen (secondary N) is 1. The molecule has 7 nitrogen and oxygen atoms in total. The number of ether oxygens (including phenoxy) is 2. The summed E-state index contributed by atoms with van der Waals surface area (Å²) in [6.07, 6.45) is -9.19. The maximum atomic E-state index is 13.2. The molecule has 0 radical (unpaired) electrons. The number of nitriles is 1. The van der Waals surface area contributed by atoms with E-state index < -0.39 is 36.4 Å². The zero-order chi connectivity index (χ0) is 24.8. The molecule has 0 aromatic heterocycles. The number of carbonyl (C=O) groups excluding carboxylic acids is 2. The van der Waals surface area contributed by atoms with Gasteiger partial charge in [-0.05, 0) is 30.0 Å². The van der Waals surface area contributed by atoms with Crippen molar-refractivity contribution in [3.8, 4) is 6.07 Å². The highest BCUT2D eigenvalue weighted by atomic mass is 19.4. The molecular weight excluding hydrogens is 451 g/mol. The van der Waals surface area contributed by atoms with E-state index in [0.29, 0.717) is 12.0 Å². The topological polar surface area (TPSA) is 91.7 Å². The Morgan fingerprint density at radius 2 is 1.76 bits per heavy atom. The zero-order valence-electron chi connectivity index (χ0n) is 18.5. The quantitative estimate of drug-likeness (QED) is 0.610. The second kappa shape index (κ2) is 10.6. The van der Waals surface area contributed by atoms with Gasteiger partial charge in [0.15, 0.2) is 6.10 Å². The van der Waals surface area contributed by atoms with Crippen molar-refractivity contribution in [3.05, 3.63) is 71.3 Å². The lowest BCUT2D eigenvalue weighted by atomic mass is 10.0. The Labute approximate surface area is 195 Å². The Morgan fingerprint density at radius 3 is 2.41 bits per heavy atom. The van der Waals surface area contributed by atoms with Gasteiger partial charge in [-0.25, -0.2) is 4.79 Å². The standard InChI is InChI=1S/C24H24F3N3O4/c1-23(16-28,33-15-17-7-3-2-4-8-17)29-21(31)20(13-24(25,26)27)34-22(32)30-12-11-18-9-5-6-10-19(18)14-30/h2-10,20H,11-15H2,1H3,(H,29,31). The average Bonchev–Trinajstić information content (AvgIpc) is 2.81. The second-order valence-electron chi connectivity index (χ2n) is 8.04. The Kier molecular flexibility index (Phi) is 7.79. The van der Waals surface area contributed by atoms with Gasteiger partial charge in [0.2, 0.25) is 5.72 Å². The van der Waals surface area contributed by atoms with Crippen LogP contribution >= 0.6 is 0 Å². The van der Waals surface area contributed by atoms with Gasteiger partial charge in [-0.2, -0.15) is 18.4 Å². The minimum Gasteiger partial charge on any atom is -0.436 e. The van der Waals surface area contributed by atoms with Crippen LogP contribution in [0.4, 0.5) is 18.0 Å². The summed E-state index contributed by atoms with van der Waals surface area (Å²) in [5, 5.41) is 11.6. The van der Waals surface area contributed by atoms with Crippen molar-refractivity contribution in [2.24, 2.45) is 0 Å². The number of nitrogens with zero attached hydrogens (tertiary/aromatic N) is 2. The summed E-state index contributed by atoms with van der Waals surface area (Å²) in [7, 11) is 0. The van der Waals surface area contributed by atoms with Gasteiger partial charge in [0.1, 0.15) is 6.07 Å². The second-order valence-corrected chi connectivity index (χ2v) is 8.04. The maximum Gasteiger partial charge on any atom is 0.410 e. The number of rotatable bonds is 7. The lowest BCUT2D eigenvalue weighted by Gasteiger charge is -2.31. The van der Waals surface area contributed by atoms with E-state index in [1.54, 1.807) is 42.5 Å². The van der Waals surface area contributed by atoms with E-state index >= 15 is 0 Å². The Morgan fingerprint density at radius 1 is 1.12 bits per heavy atom. The summed E-state index contributed by atoms with van der Waals surface area (Å²) >= 11 is 0. The summed E-state index contributed by atoms with van der Waals surface area (Å²) in [4.78, 5) is 26.5. The lowest BCUT2D eigenvalue weighted by Crippen LogP contribution is -2.53. The van der Waals surface area contributed by atoms with Crippen LogP contribution in [0.1, 0.15) is 30.0 Å². The van der Waals surface area contributed by atoms with Crippen molar-refractivity contribution in [3.63, 3.8) is 0 Å². The number of alkyl halides is 3. The lowest BCUT2D eigenvalue weighted by molar-refractivity contribution is -0.167. The van der Waals surface area contributed by atoms with Gasteiger partial charge in [-0.1, -0.05) is 54.6 Å². The Hall–Kier alpha value is -3.58. The van der Waals surface area contributed by atoms with Gasteiger partial charge in [-0.15, -0.1) is 0 Å². The zero-order valence-corrected chi connectivity index (χ0v) is 18.5. The van der Waals surface area contributed by atoms with Gasteiger partial charge >= 0.3 is 12.3 Å². The van der Waals surface area contributed by atoms with Crippen LogP contribution in [0.5, 0.6) is 0 Å². The van der Waals surface area contributed by atoms with Crippen molar-refractivity contribution in [1.29, 1.82) is 5.26 Å². The molecule has 0 bridgehead atoms. The van der Waals surface area contributed by atoms with E-state index in [1.165, 1.54) is 11.8 Å². The first kappa shape index (κ1) is 25.1. The monoisotopic (exact) mass is 475 g/mol. The van der Waals surface area contributed by atoms with Crippen LogP contribution in [-0.2, 0) is 33.8 Å². The summed E-state index contributed by atoms with van der Waals surface area (Å²) in [6, 6.07) is 17.9. The molecule has 34 heavy (non-hydrogen) atoms. The van der Waals surface area contributed by atoms with Gasteiger partial charge in [0, 0.05) is 13.1 Å². The van der Waals surface area contributed by atoms with E-state index in [9.17, 15) is 28.0 Å². The fourth-order valence-electron chi connectivity index (χ4n) is 3.46. The van der Waals surface area contributed by atoms with Crippen molar-refractivity contribution in [1.82, 2.24) is 10.2 Å². The Bertz CT molecular complexity index is 1060. The number of amides is 2. The highest BCUT2D eigenvalue weighted by Crippen LogP contribution is 2.25. The van der Waals surface area contributed by atoms with E-state index in [2.05, 4.69) is 5.32 Å². The first-order valence-corrected chi connectivity index (χ1v) is 10.6. The molecule has 0 saturated heterocycles. The Balaban J connectivity index is 1.67. The first-order chi connectivity index (χ1) is 16.1. The van der Waals surface area contributed by atoms with Gasteiger partial charge in [0.05, 0.1) is 13.0 Å². The molecule has 1 aliphatic rings. The molecule has 0 spiro atoms. The van der Waals surface area contributed by atoms with Crippen LogP contribution < -0.4 is 5.32 Å². The average molecular weight is 475 g/mol. The fraction of sp³-hybridized carbons (Fsp3) is 0.375. The SMILES string of the molecule is CC(C#N)(NC(=O)C(CC(F)(F)F)OC(=O)N1CCc2ccccc2C1)OCc1ccccc1. The number of fused-ring (bicyclic) bond motifs is 1. The van der Waals surface area contributed by atoms with E-state index in [1.807, 2.05) is 18.2 Å². The molecular formula is C24H24F3N3O4. The van der Waals surface area contributed by atoms with Crippen LogP contribution in [0.25, 0.3) is 0 Å². The van der Waals surface area contributed by atoms with Gasteiger partial charge < -0.3 is 19.7 Å². The molecule has 3 rings (SSSR count). The smallest absolute Gasteiger partial charge is 0.410 e. The molecule has 180 valence electrons. The molecule has 0 fully saturated rings. The minimum atomic E-state index is -4.79. The fourth-order valence-corrected chi connectivity index (χ4v) is 3.46. The molecule has 10 heteroatoms. The molecule has 2 atom stereocenters. The summed E-state index contributed by atoms with van der Waals surface area (Å²) in [5.74, 6) is -1.28. The highest BCUT2D eigenvalue weighted by molar-refractivity contribution is 5.84. The third kappa shape index (κ3) is 6.96. The summed E-state index contributed by atoms with van der Waals surface area (Å²) in [5.41, 5.74) is 0.653. The normalized spacial score (nSPS) is 15.9. The predicted molar refractivity (Wildman–Crippen MR) is 115 cm³/mol. The van der Waals surface area contributed by atoms with Gasteiger partial charge in [-0.3, -0.25) is 4.79 Å². The highest BCUT2D eigenvalue weighted by Gasteiger charge is 2.41. The largest absolute Gasteiger partial charge is 0.436 e. The van der Waals surface area contributed by atoms with E-state index in [4.69, 9.17) is 9.47 Å². The molecule has 2 aromatic rings. The van der Waals surface area contributed by atoms with Crippen molar-refractivity contribution in [2.45, 2.75) is 50.9 Å². The first-order valence-electron chi connectivity index (χ1n) is 10.6. The number of benzene rings is 2. The van der Waals surface area contributed by atoms with Crippen molar-refractivity contribution < 1.29 is 32.2 Å². The van der Waals surface area contributed by atoms with Gasteiger partial charge in [0.25, 0.3) is 5.91 Å². The molecule has 2 aromatic carbocycles. The third-order valence-electron chi connectivity index (χ3n) is 5.29. The van der Waals surface area contributed by atoms with Crippen LogP contribution in [0.3, 0.4) is 0 Å². The number of halogens is 3. The molecule has 0 saturated carbocycles. The van der Waals surface area contributed by atoms with Crippen LogP contribution in [0.15, 0.2) is 54.6 Å².